The van der Waals surface area contributed by atoms with Crippen LogP contribution in [0.1, 0.15) is 38.5 Å². The van der Waals surface area contributed by atoms with E-state index in [0.717, 1.165) is 55.0 Å². The third-order valence-corrected chi connectivity index (χ3v) is 11.0. The molecule has 2 bridgehead atoms. The lowest BCUT2D eigenvalue weighted by Gasteiger charge is -2.37. The first-order valence-corrected chi connectivity index (χ1v) is 15.6. The number of carbonyl (C=O) groups is 3. The van der Waals surface area contributed by atoms with Gasteiger partial charge >= 0.3 is 0 Å². The predicted octanol–water partition coefficient (Wildman–Crippen LogP) is 4.65. The zero-order valence-electron chi connectivity index (χ0n) is 23.9. The summed E-state index contributed by atoms with van der Waals surface area (Å²) in [5, 5.41) is 11.4. The van der Waals surface area contributed by atoms with Crippen molar-refractivity contribution in [1.82, 2.24) is 9.80 Å². The maximum atomic E-state index is 14.7. The van der Waals surface area contributed by atoms with Gasteiger partial charge in [0.2, 0.25) is 11.8 Å². The molecular weight excluding hydrogens is 534 g/mol. The zero-order valence-corrected chi connectivity index (χ0v) is 24.7. The molecule has 5 rings (SSSR count). The third kappa shape index (κ3) is 5.21. The van der Waals surface area contributed by atoms with Crippen molar-refractivity contribution in [2.24, 2.45) is 11.8 Å². The lowest BCUT2D eigenvalue weighted by molar-refractivity contribution is -0.143. The summed E-state index contributed by atoms with van der Waals surface area (Å²) in [4.78, 5) is 47.9. The monoisotopic (exact) mass is 575 g/mol. The number of unbranched alkanes of at least 4 members (excludes halogenated alkanes) is 3. The molecule has 1 spiro atoms. The number of hydrogen-bond donors (Lipinski definition) is 1. The Hall–Kier alpha value is -3.10. The van der Waals surface area contributed by atoms with E-state index in [1.165, 1.54) is 0 Å². The highest BCUT2D eigenvalue weighted by molar-refractivity contribution is 8.02. The number of rotatable bonds is 13. The molecule has 2 unspecified atom stereocenters. The van der Waals surface area contributed by atoms with Gasteiger partial charge in [0.25, 0.3) is 5.91 Å². The number of carbonyl (C=O) groups excluding carboxylic acids is 3. The Balaban J connectivity index is 1.52. The van der Waals surface area contributed by atoms with Gasteiger partial charge in [0, 0.05) is 44.2 Å². The van der Waals surface area contributed by atoms with Crippen LogP contribution in [0.4, 0.5) is 5.69 Å². The smallest absolute Gasteiger partial charge is 0.251 e. The first kappa shape index (κ1) is 29.4. The van der Waals surface area contributed by atoms with Crippen molar-refractivity contribution in [3.8, 4) is 0 Å². The van der Waals surface area contributed by atoms with E-state index in [9.17, 15) is 19.5 Å². The summed E-state index contributed by atoms with van der Waals surface area (Å²) in [6.45, 7) is 9.08. The number of likely N-dealkylation sites (N-methyl/N-ethyl adjacent to an activating group) is 1. The summed E-state index contributed by atoms with van der Waals surface area (Å²) in [5.41, 5.74) is 0.777. The second kappa shape index (κ2) is 12.4. The summed E-state index contributed by atoms with van der Waals surface area (Å²) >= 11 is 1.70. The Labute approximate surface area is 247 Å². The molecule has 0 radical (unpaired) electrons. The summed E-state index contributed by atoms with van der Waals surface area (Å²) < 4.78 is -0.629. The molecule has 7 nitrogen and oxygen atoms in total. The molecule has 5 atom stereocenters. The molecule has 1 N–H and O–H groups in total. The third-order valence-electron chi connectivity index (χ3n) is 9.03. The second-order valence-electron chi connectivity index (χ2n) is 11.5. The molecule has 3 aliphatic heterocycles. The first-order valence-electron chi connectivity index (χ1n) is 14.7. The van der Waals surface area contributed by atoms with Gasteiger partial charge in [0.05, 0.1) is 16.6 Å². The van der Waals surface area contributed by atoms with Crippen molar-refractivity contribution in [1.29, 1.82) is 0 Å². The topological polar surface area (TPSA) is 81.2 Å². The van der Waals surface area contributed by atoms with Crippen LogP contribution in [0.2, 0.25) is 0 Å². The quantitative estimate of drug-likeness (QED) is 0.278. The van der Waals surface area contributed by atoms with Gasteiger partial charge < -0.3 is 19.8 Å². The van der Waals surface area contributed by atoms with Crippen LogP contribution in [0.15, 0.2) is 67.8 Å². The van der Waals surface area contributed by atoms with Gasteiger partial charge in [-0.15, -0.1) is 24.9 Å². The predicted molar refractivity (Wildman–Crippen MR) is 166 cm³/mol. The molecule has 2 aromatic carbocycles. The number of nitrogens with zero attached hydrogens (tertiary/aromatic N) is 3. The first-order chi connectivity index (χ1) is 19.9. The maximum Gasteiger partial charge on any atom is 0.251 e. The Kier molecular flexibility index (Phi) is 8.90. The lowest BCUT2D eigenvalue weighted by atomic mass is 9.70. The van der Waals surface area contributed by atoms with E-state index in [-0.39, 0.29) is 29.6 Å². The molecular formula is C33H41N3O4S. The van der Waals surface area contributed by atoms with Gasteiger partial charge in [-0.1, -0.05) is 55.3 Å². The van der Waals surface area contributed by atoms with E-state index in [0.29, 0.717) is 19.6 Å². The van der Waals surface area contributed by atoms with Crippen molar-refractivity contribution >= 4 is 45.9 Å². The molecule has 0 aromatic heterocycles. The zero-order chi connectivity index (χ0) is 29.1. The summed E-state index contributed by atoms with van der Waals surface area (Å²) in [7, 11) is 1.76. The van der Waals surface area contributed by atoms with Gasteiger partial charge in [-0.05, 0) is 48.6 Å². The number of amides is 3. The Morgan fingerprint density at radius 2 is 1.78 bits per heavy atom. The van der Waals surface area contributed by atoms with Crippen LogP contribution in [0.5, 0.6) is 0 Å². The number of thioether (sulfide) groups is 1. The van der Waals surface area contributed by atoms with Crippen LogP contribution < -0.4 is 4.90 Å². The molecule has 3 fully saturated rings. The summed E-state index contributed by atoms with van der Waals surface area (Å²) in [6, 6.07) is 13.4. The van der Waals surface area contributed by atoms with Crippen LogP contribution in [-0.4, -0.2) is 82.0 Å². The Bertz CT molecular complexity index is 1330. The number of likely N-dealkylation sites (tertiary alicyclic amines) is 1. The molecule has 3 heterocycles. The van der Waals surface area contributed by atoms with Crippen LogP contribution in [0, 0.1) is 11.8 Å². The number of benzene rings is 2. The molecule has 218 valence electrons. The van der Waals surface area contributed by atoms with Gasteiger partial charge in [-0.3, -0.25) is 14.4 Å². The molecule has 8 heteroatoms. The fourth-order valence-electron chi connectivity index (χ4n) is 7.18. The summed E-state index contributed by atoms with van der Waals surface area (Å²) in [6.07, 6.45) is 8.20. The van der Waals surface area contributed by atoms with Crippen molar-refractivity contribution in [2.75, 3.05) is 38.2 Å². The number of aliphatic hydroxyl groups is 1. The number of fused-ring (bicyclic) bond motifs is 2. The molecule has 3 aliphatic rings. The normalized spacial score (nSPS) is 26.3. The van der Waals surface area contributed by atoms with Gasteiger partial charge in [-0.25, -0.2) is 0 Å². The molecule has 41 heavy (non-hydrogen) atoms. The minimum atomic E-state index is -0.651. The maximum absolute atomic E-state index is 14.7. The van der Waals surface area contributed by atoms with Crippen molar-refractivity contribution in [3.05, 3.63) is 67.8 Å². The van der Waals surface area contributed by atoms with Gasteiger partial charge in [-0.2, -0.15) is 0 Å². The van der Waals surface area contributed by atoms with Crippen molar-refractivity contribution in [2.45, 2.75) is 54.6 Å². The minimum absolute atomic E-state index is 0.0271. The van der Waals surface area contributed by atoms with E-state index in [1.807, 2.05) is 42.5 Å². The Morgan fingerprint density at radius 1 is 1.05 bits per heavy atom. The lowest BCUT2D eigenvalue weighted by Crippen LogP contribution is -2.55. The molecule has 0 saturated carbocycles. The standard InChI is InChI=1S/C33H41N3O4S/c1-4-18-34(3)30(38)27-26-16-17-33(41-26)28(27)31(39)36(20-10-6-7-11-21-37)29(33)32(40)35(19-5-2)25-15-14-23-12-8-9-13-24(23)22-25/h4-5,8-9,12-15,22,26-29,37H,1-2,6-7,10-11,16-21H2,3H3/t26-,27+,28+,29?,33?/m1/s1. The molecule has 0 aliphatic carbocycles. The highest BCUT2D eigenvalue weighted by atomic mass is 32.2. The average molecular weight is 576 g/mol. The highest BCUT2D eigenvalue weighted by Crippen LogP contribution is 2.66. The largest absolute Gasteiger partial charge is 0.396 e. The SMILES string of the molecule is C=CCN(C)C(=O)[C@@H]1[C@H]2C(=O)N(CCCCCCO)C(C(=O)N(CC=C)c3ccc4ccccc4c3)C23CC[C@H]1S3. The molecule has 3 amide bonds. The molecule has 2 aromatic rings. The molecule has 3 saturated heterocycles. The van der Waals surface area contributed by atoms with Gasteiger partial charge in [0.15, 0.2) is 0 Å². The van der Waals surface area contributed by atoms with E-state index < -0.39 is 22.6 Å². The van der Waals surface area contributed by atoms with E-state index in [4.69, 9.17) is 0 Å². The fraction of sp³-hybridized carbons (Fsp3) is 0.485. The summed E-state index contributed by atoms with van der Waals surface area (Å²) in [5.74, 6) is -1.15. The van der Waals surface area contributed by atoms with Crippen LogP contribution >= 0.6 is 11.8 Å². The number of anilines is 1. The van der Waals surface area contributed by atoms with Crippen LogP contribution in [0.25, 0.3) is 10.8 Å². The average Bonchev–Trinajstić information content (AvgIpc) is 3.62. The Morgan fingerprint density at radius 3 is 2.51 bits per heavy atom. The van der Waals surface area contributed by atoms with Crippen molar-refractivity contribution in [3.63, 3.8) is 0 Å². The second-order valence-corrected chi connectivity index (χ2v) is 13.1. The van der Waals surface area contributed by atoms with Crippen molar-refractivity contribution < 1.29 is 19.5 Å². The minimum Gasteiger partial charge on any atom is -0.396 e. The van der Waals surface area contributed by atoms with Crippen LogP contribution in [-0.2, 0) is 14.4 Å². The fourth-order valence-corrected chi connectivity index (χ4v) is 9.39. The number of aliphatic hydroxyl groups excluding tert-OH is 1. The van der Waals surface area contributed by atoms with E-state index in [2.05, 4.69) is 13.2 Å². The van der Waals surface area contributed by atoms with Crippen LogP contribution in [0.3, 0.4) is 0 Å². The van der Waals surface area contributed by atoms with E-state index in [1.54, 1.807) is 45.7 Å². The van der Waals surface area contributed by atoms with Gasteiger partial charge in [0.1, 0.15) is 6.04 Å². The van der Waals surface area contributed by atoms with E-state index >= 15 is 0 Å². The number of hydrogen-bond acceptors (Lipinski definition) is 5. The highest BCUT2D eigenvalue weighted by Gasteiger charge is 2.73.